The Morgan fingerprint density at radius 1 is 1.04 bits per heavy atom. The number of hydrogen-bond acceptors (Lipinski definition) is 5. The molecule has 3 rings (SSSR count). The van der Waals surface area contributed by atoms with Crippen molar-refractivity contribution in [2.24, 2.45) is 0 Å². The highest BCUT2D eigenvalue weighted by molar-refractivity contribution is 5.64. The lowest BCUT2D eigenvalue weighted by Crippen LogP contribution is -2.11. The molecule has 3 aromatic rings. The summed E-state index contributed by atoms with van der Waals surface area (Å²) in [4.78, 5) is 16.2. The molecular weight excluding hydrogens is 306 g/mol. The summed E-state index contributed by atoms with van der Waals surface area (Å²) in [5.74, 6) is 0.493. The number of rotatable bonds is 5. The fourth-order valence-electron chi connectivity index (χ4n) is 2.17. The van der Waals surface area contributed by atoms with Crippen LogP contribution in [0.15, 0.2) is 65.1 Å². The van der Waals surface area contributed by atoms with E-state index in [0.29, 0.717) is 18.0 Å². The molecule has 0 aliphatic rings. The van der Waals surface area contributed by atoms with Crippen LogP contribution in [0.3, 0.4) is 0 Å². The molecule has 0 aliphatic heterocycles. The van der Waals surface area contributed by atoms with Gasteiger partial charge in [0.15, 0.2) is 0 Å². The normalized spacial score (nSPS) is 10.4. The summed E-state index contributed by atoms with van der Waals surface area (Å²) in [7, 11) is 0. The first-order valence-electron chi connectivity index (χ1n) is 7.70. The predicted molar refractivity (Wildman–Crippen MR) is 88.6 cm³/mol. The Morgan fingerprint density at radius 3 is 2.38 bits per heavy atom. The maximum Gasteiger partial charge on any atom is 0.516 e. The van der Waals surface area contributed by atoms with E-state index in [1.807, 2.05) is 67.6 Å². The lowest BCUT2D eigenvalue weighted by atomic mass is 10.2. The van der Waals surface area contributed by atoms with E-state index in [2.05, 4.69) is 4.98 Å². The van der Waals surface area contributed by atoms with E-state index < -0.39 is 6.16 Å². The number of ether oxygens (including phenoxy) is 2. The van der Waals surface area contributed by atoms with Crippen LogP contribution in [0.4, 0.5) is 4.79 Å². The van der Waals surface area contributed by atoms with Crippen molar-refractivity contribution >= 4 is 6.16 Å². The van der Waals surface area contributed by atoms with Crippen molar-refractivity contribution in [1.29, 1.82) is 0 Å². The quantitative estimate of drug-likeness (QED) is 0.641. The molecule has 0 N–H and O–H groups in total. The van der Waals surface area contributed by atoms with Crippen molar-refractivity contribution in [2.75, 3.05) is 0 Å². The fourth-order valence-corrected chi connectivity index (χ4v) is 2.17. The van der Waals surface area contributed by atoms with Crippen LogP contribution in [-0.2, 0) is 17.8 Å². The van der Waals surface area contributed by atoms with Gasteiger partial charge >= 0.3 is 12.1 Å². The first-order valence-corrected chi connectivity index (χ1v) is 7.70. The maximum absolute atomic E-state index is 11.9. The molecule has 0 fully saturated rings. The molecule has 0 aliphatic carbocycles. The standard InChI is InChI=1S/C19H17NO4/c1-2-16-18(23-17(20-16)15-11-7-4-8-12-15)24-19(21)22-13-14-9-5-3-6-10-14/h3-12H,2,13H2,1H3. The zero-order valence-corrected chi connectivity index (χ0v) is 13.3. The van der Waals surface area contributed by atoms with Crippen molar-refractivity contribution in [3.8, 4) is 17.4 Å². The fraction of sp³-hybridized carbons (Fsp3) is 0.158. The highest BCUT2D eigenvalue weighted by Crippen LogP contribution is 2.28. The molecular formula is C19H17NO4. The molecule has 24 heavy (non-hydrogen) atoms. The van der Waals surface area contributed by atoms with E-state index in [1.165, 1.54) is 0 Å². The molecule has 0 saturated carbocycles. The Kier molecular flexibility index (Phi) is 4.91. The van der Waals surface area contributed by atoms with Crippen molar-refractivity contribution in [2.45, 2.75) is 20.0 Å². The van der Waals surface area contributed by atoms with Crippen LogP contribution < -0.4 is 4.74 Å². The molecule has 0 spiro atoms. The van der Waals surface area contributed by atoms with Gasteiger partial charge in [0.05, 0.1) is 0 Å². The first-order chi connectivity index (χ1) is 11.8. The van der Waals surface area contributed by atoms with Gasteiger partial charge < -0.3 is 13.9 Å². The topological polar surface area (TPSA) is 61.6 Å². The zero-order valence-electron chi connectivity index (χ0n) is 13.3. The monoisotopic (exact) mass is 323 g/mol. The minimum atomic E-state index is -0.815. The Labute approximate surface area is 139 Å². The van der Waals surface area contributed by atoms with E-state index in [4.69, 9.17) is 13.9 Å². The summed E-state index contributed by atoms with van der Waals surface area (Å²) in [6.45, 7) is 2.05. The summed E-state index contributed by atoms with van der Waals surface area (Å²) >= 11 is 0. The van der Waals surface area contributed by atoms with E-state index >= 15 is 0 Å². The van der Waals surface area contributed by atoms with Gasteiger partial charge in [0.2, 0.25) is 5.89 Å². The van der Waals surface area contributed by atoms with Crippen molar-refractivity contribution in [3.63, 3.8) is 0 Å². The molecule has 2 aromatic carbocycles. The van der Waals surface area contributed by atoms with Gasteiger partial charge in [-0.2, -0.15) is 0 Å². The van der Waals surface area contributed by atoms with Crippen LogP contribution in [-0.4, -0.2) is 11.1 Å². The van der Waals surface area contributed by atoms with E-state index in [1.54, 1.807) is 0 Å². The average molecular weight is 323 g/mol. The molecule has 122 valence electrons. The average Bonchev–Trinajstić information content (AvgIpc) is 3.04. The van der Waals surface area contributed by atoms with Crippen LogP contribution >= 0.6 is 0 Å². The summed E-state index contributed by atoms with van der Waals surface area (Å²) in [6.07, 6.45) is -0.234. The van der Waals surface area contributed by atoms with Gasteiger partial charge in [0, 0.05) is 5.56 Å². The Hall–Kier alpha value is -3.08. The molecule has 0 unspecified atom stereocenters. The highest BCUT2D eigenvalue weighted by Gasteiger charge is 2.18. The highest BCUT2D eigenvalue weighted by atomic mass is 16.8. The lowest BCUT2D eigenvalue weighted by Gasteiger charge is -2.04. The second kappa shape index (κ2) is 7.46. The molecule has 0 bridgehead atoms. The van der Waals surface area contributed by atoms with Crippen molar-refractivity contribution in [1.82, 2.24) is 4.98 Å². The summed E-state index contributed by atoms with van der Waals surface area (Å²) < 4.78 is 15.8. The number of aryl methyl sites for hydroxylation is 1. The van der Waals surface area contributed by atoms with Gasteiger partial charge in [-0.15, -0.1) is 0 Å². The van der Waals surface area contributed by atoms with Gasteiger partial charge in [0.25, 0.3) is 0 Å². The van der Waals surface area contributed by atoms with Crippen molar-refractivity contribution < 1.29 is 18.7 Å². The molecule has 5 nitrogen and oxygen atoms in total. The zero-order chi connectivity index (χ0) is 16.8. The molecule has 0 radical (unpaired) electrons. The molecule has 0 atom stereocenters. The summed E-state index contributed by atoms with van der Waals surface area (Å²) in [5, 5.41) is 0. The van der Waals surface area contributed by atoms with Crippen molar-refractivity contribution in [3.05, 3.63) is 71.9 Å². The Morgan fingerprint density at radius 2 is 1.71 bits per heavy atom. The molecule has 0 amide bonds. The van der Waals surface area contributed by atoms with Gasteiger partial charge in [-0.25, -0.2) is 9.78 Å². The van der Waals surface area contributed by atoms with E-state index in [-0.39, 0.29) is 12.6 Å². The predicted octanol–water partition coefficient (Wildman–Crippen LogP) is 4.62. The molecule has 1 aromatic heterocycles. The van der Waals surface area contributed by atoms with Crippen LogP contribution in [0.1, 0.15) is 18.2 Å². The lowest BCUT2D eigenvalue weighted by molar-refractivity contribution is 0.0840. The number of carbonyl (C=O) groups excluding carboxylic acids is 1. The number of nitrogens with zero attached hydrogens (tertiary/aromatic N) is 1. The van der Waals surface area contributed by atoms with Crippen LogP contribution in [0.5, 0.6) is 5.95 Å². The third kappa shape index (κ3) is 3.81. The third-order valence-electron chi connectivity index (χ3n) is 3.39. The second-order valence-corrected chi connectivity index (χ2v) is 5.10. The van der Waals surface area contributed by atoms with Gasteiger partial charge in [-0.1, -0.05) is 55.5 Å². The van der Waals surface area contributed by atoms with E-state index in [9.17, 15) is 4.79 Å². The minimum absolute atomic E-state index is 0.0782. The van der Waals surface area contributed by atoms with Gasteiger partial charge in [-0.3, -0.25) is 0 Å². The van der Waals surface area contributed by atoms with E-state index in [0.717, 1.165) is 11.1 Å². The van der Waals surface area contributed by atoms with Crippen LogP contribution in [0, 0.1) is 0 Å². The summed E-state index contributed by atoms with van der Waals surface area (Å²) in [5.41, 5.74) is 2.28. The summed E-state index contributed by atoms with van der Waals surface area (Å²) in [6, 6.07) is 18.8. The Balaban J connectivity index is 1.68. The Bertz CT molecular complexity index is 797. The largest absolute Gasteiger partial charge is 0.516 e. The SMILES string of the molecule is CCc1nc(-c2ccccc2)oc1OC(=O)OCc1ccccc1. The molecule has 0 saturated heterocycles. The van der Waals surface area contributed by atoms with Crippen LogP contribution in [0.2, 0.25) is 0 Å². The molecule has 5 heteroatoms. The van der Waals surface area contributed by atoms with Gasteiger partial charge in [0.1, 0.15) is 12.3 Å². The third-order valence-corrected chi connectivity index (χ3v) is 3.39. The second-order valence-electron chi connectivity index (χ2n) is 5.10. The number of benzene rings is 2. The minimum Gasteiger partial charge on any atom is -0.429 e. The number of oxazole rings is 1. The smallest absolute Gasteiger partial charge is 0.429 e. The first kappa shape index (κ1) is 15.8. The van der Waals surface area contributed by atoms with Gasteiger partial charge in [-0.05, 0) is 24.1 Å². The molecule has 1 heterocycles. The number of aromatic nitrogens is 1. The van der Waals surface area contributed by atoms with Crippen LogP contribution in [0.25, 0.3) is 11.5 Å². The number of carbonyl (C=O) groups is 1. The number of hydrogen-bond donors (Lipinski definition) is 0. The maximum atomic E-state index is 11.9.